The number of alkyl halides is 1. The van der Waals surface area contributed by atoms with Gasteiger partial charge in [-0.05, 0) is 54.3 Å². The number of benzene rings is 2. The summed E-state index contributed by atoms with van der Waals surface area (Å²) in [5, 5.41) is 9.65. The van der Waals surface area contributed by atoms with Crippen LogP contribution in [0.25, 0.3) is 0 Å². The highest BCUT2D eigenvalue weighted by Gasteiger charge is 2.08. The van der Waals surface area contributed by atoms with Crippen LogP contribution in [0.4, 0.5) is 4.39 Å². The van der Waals surface area contributed by atoms with E-state index in [2.05, 4.69) is 28.1 Å². The molecular weight excluding hydrogens is 333 g/mol. The van der Waals surface area contributed by atoms with Crippen molar-refractivity contribution in [2.75, 3.05) is 0 Å². The van der Waals surface area contributed by atoms with Gasteiger partial charge in [0, 0.05) is 5.33 Å². The predicted molar refractivity (Wildman–Crippen MR) is 84.0 cm³/mol. The molecule has 2 rings (SSSR count). The summed E-state index contributed by atoms with van der Waals surface area (Å²) < 4.78 is 19.2. The zero-order valence-corrected chi connectivity index (χ0v) is 13.5. The van der Waals surface area contributed by atoms with Crippen molar-refractivity contribution in [3.05, 3.63) is 64.0 Å². The summed E-state index contributed by atoms with van der Waals surface area (Å²) in [5.41, 5.74) is 4.23. The molecule has 0 amide bonds. The molecule has 0 radical (unpaired) electrons. The van der Waals surface area contributed by atoms with E-state index in [1.807, 2.05) is 19.9 Å². The van der Waals surface area contributed by atoms with Crippen LogP contribution in [0.15, 0.2) is 30.3 Å². The molecule has 4 heteroatoms. The van der Waals surface area contributed by atoms with Crippen LogP contribution < -0.4 is 4.74 Å². The molecule has 0 aliphatic heterocycles. The zero-order chi connectivity index (χ0) is 15.4. The van der Waals surface area contributed by atoms with Crippen LogP contribution in [0.1, 0.15) is 27.8 Å². The molecule has 0 aliphatic rings. The number of nitriles is 1. The van der Waals surface area contributed by atoms with Gasteiger partial charge in [-0.3, -0.25) is 0 Å². The van der Waals surface area contributed by atoms with Crippen LogP contribution >= 0.6 is 15.9 Å². The molecule has 21 heavy (non-hydrogen) atoms. The van der Waals surface area contributed by atoms with Gasteiger partial charge in [0.25, 0.3) is 0 Å². The molecule has 0 heterocycles. The van der Waals surface area contributed by atoms with Gasteiger partial charge in [-0.2, -0.15) is 5.26 Å². The summed E-state index contributed by atoms with van der Waals surface area (Å²) in [6.07, 6.45) is 0. The average molecular weight is 348 g/mol. The second-order valence-corrected chi connectivity index (χ2v) is 5.50. The largest absolute Gasteiger partial charge is 0.488 e. The van der Waals surface area contributed by atoms with E-state index in [-0.39, 0.29) is 6.61 Å². The first-order chi connectivity index (χ1) is 10.0. The van der Waals surface area contributed by atoms with Gasteiger partial charge in [0.1, 0.15) is 18.2 Å². The topological polar surface area (TPSA) is 33.0 Å². The molecule has 0 saturated carbocycles. The number of hydrogen-bond acceptors (Lipinski definition) is 2. The predicted octanol–water partition coefficient (Wildman–Crippen LogP) is 4.79. The van der Waals surface area contributed by atoms with Crippen LogP contribution in [-0.2, 0) is 11.9 Å². The number of ether oxygens (including phenoxy) is 1. The molecule has 0 N–H and O–H groups in total. The van der Waals surface area contributed by atoms with Crippen LogP contribution in [0.3, 0.4) is 0 Å². The fourth-order valence-electron chi connectivity index (χ4n) is 2.30. The Balaban J connectivity index is 2.21. The van der Waals surface area contributed by atoms with Crippen LogP contribution in [0.5, 0.6) is 5.75 Å². The molecule has 2 aromatic carbocycles. The van der Waals surface area contributed by atoms with E-state index in [0.717, 1.165) is 22.2 Å². The molecule has 108 valence electrons. The van der Waals surface area contributed by atoms with Gasteiger partial charge in [-0.15, -0.1) is 0 Å². The van der Waals surface area contributed by atoms with Gasteiger partial charge < -0.3 is 4.74 Å². The number of nitrogens with zero attached hydrogens (tertiary/aromatic N) is 1. The minimum absolute atomic E-state index is 0.238. The third-order valence-corrected chi connectivity index (χ3v) is 3.79. The lowest BCUT2D eigenvalue weighted by atomic mass is 10.1. The van der Waals surface area contributed by atoms with E-state index in [0.29, 0.717) is 11.1 Å². The smallest absolute Gasteiger partial charge is 0.125 e. The van der Waals surface area contributed by atoms with E-state index >= 15 is 0 Å². The first kappa shape index (κ1) is 15.5. The summed E-state index contributed by atoms with van der Waals surface area (Å²) in [7, 11) is 0. The zero-order valence-electron chi connectivity index (χ0n) is 11.9. The Morgan fingerprint density at radius 2 is 1.76 bits per heavy atom. The summed E-state index contributed by atoms with van der Waals surface area (Å²) >= 11 is 3.44. The molecule has 0 fully saturated rings. The number of aryl methyl sites for hydroxylation is 2. The van der Waals surface area contributed by atoms with Crippen molar-refractivity contribution in [3.63, 3.8) is 0 Å². The normalized spacial score (nSPS) is 10.2. The Hall–Kier alpha value is -1.86. The third-order valence-electron chi connectivity index (χ3n) is 3.14. The lowest BCUT2D eigenvalue weighted by Gasteiger charge is -2.14. The lowest BCUT2D eigenvalue weighted by Crippen LogP contribution is -2.01. The van der Waals surface area contributed by atoms with Crippen LogP contribution in [0, 0.1) is 31.0 Å². The van der Waals surface area contributed by atoms with Gasteiger partial charge >= 0.3 is 0 Å². The Bertz CT molecular complexity index is 683. The molecule has 2 nitrogen and oxygen atoms in total. The Morgan fingerprint density at radius 1 is 1.10 bits per heavy atom. The fourth-order valence-corrected chi connectivity index (χ4v) is 2.62. The standard InChI is InChI=1S/C17H15BrFNO/c1-11-3-13(8-18)4-12(2)17(11)21-10-15-5-14(9-20)6-16(19)7-15/h3-7H,8,10H2,1-2H3. The van der Waals surface area contributed by atoms with Crippen molar-refractivity contribution in [1.29, 1.82) is 5.26 Å². The van der Waals surface area contributed by atoms with Crippen molar-refractivity contribution in [2.45, 2.75) is 25.8 Å². The average Bonchev–Trinajstić information content (AvgIpc) is 2.45. The SMILES string of the molecule is Cc1cc(CBr)cc(C)c1OCc1cc(F)cc(C#N)c1. The first-order valence-electron chi connectivity index (χ1n) is 6.52. The van der Waals surface area contributed by atoms with Crippen molar-refractivity contribution in [2.24, 2.45) is 0 Å². The van der Waals surface area contributed by atoms with E-state index in [9.17, 15) is 4.39 Å². The maximum Gasteiger partial charge on any atom is 0.125 e. The van der Waals surface area contributed by atoms with Gasteiger partial charge in [0.05, 0.1) is 11.6 Å². The summed E-state index contributed by atoms with van der Waals surface area (Å²) in [6.45, 7) is 4.21. The Kier molecular flexibility index (Phi) is 4.98. The number of halogens is 2. The first-order valence-corrected chi connectivity index (χ1v) is 7.64. The van der Waals surface area contributed by atoms with Crippen molar-refractivity contribution < 1.29 is 9.13 Å². The quantitative estimate of drug-likeness (QED) is 0.745. The van der Waals surface area contributed by atoms with Crippen LogP contribution in [-0.4, -0.2) is 0 Å². The second kappa shape index (κ2) is 6.73. The molecule has 0 bridgehead atoms. The van der Waals surface area contributed by atoms with E-state index in [1.54, 1.807) is 6.07 Å². The molecule has 0 unspecified atom stereocenters. The van der Waals surface area contributed by atoms with Gasteiger partial charge in [0.15, 0.2) is 0 Å². The Labute approximate surface area is 132 Å². The van der Waals surface area contributed by atoms with Crippen molar-refractivity contribution in [1.82, 2.24) is 0 Å². The summed E-state index contributed by atoms with van der Waals surface area (Å²) in [5.74, 6) is 0.387. The number of hydrogen-bond donors (Lipinski definition) is 0. The molecule has 0 saturated heterocycles. The molecule has 2 aromatic rings. The minimum Gasteiger partial charge on any atom is -0.488 e. The fraction of sp³-hybridized carbons (Fsp3) is 0.235. The van der Waals surface area contributed by atoms with Crippen molar-refractivity contribution in [3.8, 4) is 11.8 Å². The molecular formula is C17H15BrFNO. The number of rotatable bonds is 4. The monoisotopic (exact) mass is 347 g/mol. The van der Waals surface area contributed by atoms with E-state index < -0.39 is 5.82 Å². The van der Waals surface area contributed by atoms with Gasteiger partial charge in [-0.1, -0.05) is 28.1 Å². The van der Waals surface area contributed by atoms with Gasteiger partial charge in [0.2, 0.25) is 0 Å². The maximum absolute atomic E-state index is 13.4. The van der Waals surface area contributed by atoms with E-state index in [1.165, 1.54) is 17.7 Å². The highest BCUT2D eigenvalue weighted by Crippen LogP contribution is 2.26. The third kappa shape index (κ3) is 3.83. The highest BCUT2D eigenvalue weighted by atomic mass is 79.9. The second-order valence-electron chi connectivity index (χ2n) is 4.94. The maximum atomic E-state index is 13.4. The van der Waals surface area contributed by atoms with Crippen LogP contribution in [0.2, 0.25) is 0 Å². The molecule has 0 aromatic heterocycles. The minimum atomic E-state index is -0.421. The summed E-state index contributed by atoms with van der Waals surface area (Å²) in [4.78, 5) is 0. The highest BCUT2D eigenvalue weighted by molar-refractivity contribution is 9.08. The molecule has 0 atom stereocenters. The van der Waals surface area contributed by atoms with E-state index in [4.69, 9.17) is 10.00 Å². The molecule has 0 spiro atoms. The van der Waals surface area contributed by atoms with Crippen molar-refractivity contribution >= 4 is 15.9 Å². The Morgan fingerprint density at radius 3 is 2.33 bits per heavy atom. The van der Waals surface area contributed by atoms with Gasteiger partial charge in [-0.25, -0.2) is 4.39 Å². The summed E-state index contributed by atoms with van der Waals surface area (Å²) in [6, 6.07) is 10.3. The lowest BCUT2D eigenvalue weighted by molar-refractivity contribution is 0.301. The molecule has 0 aliphatic carbocycles.